The lowest BCUT2D eigenvalue weighted by molar-refractivity contribution is 0.617. The Morgan fingerprint density at radius 1 is 0.500 bits per heavy atom. The molecule has 0 aliphatic carbocycles. The summed E-state index contributed by atoms with van der Waals surface area (Å²) in [7, 11) is 0.366. The van der Waals surface area contributed by atoms with Crippen molar-refractivity contribution in [2.75, 3.05) is 18.5 Å². The van der Waals surface area contributed by atoms with E-state index < -0.39 is 0 Å². The van der Waals surface area contributed by atoms with Gasteiger partial charge >= 0.3 is 0 Å². The summed E-state index contributed by atoms with van der Waals surface area (Å²) in [5.41, 5.74) is 6.54. The van der Waals surface area contributed by atoms with E-state index in [2.05, 4.69) is 20.8 Å². The first kappa shape index (κ1) is 36.1. The highest BCUT2D eigenvalue weighted by Crippen LogP contribution is 2.39. The number of benzene rings is 1. The van der Waals surface area contributed by atoms with E-state index >= 15 is 0 Å². The third-order valence-corrected chi connectivity index (χ3v) is 9.41. The zero-order valence-corrected chi connectivity index (χ0v) is 25.1. The third kappa shape index (κ3) is 26.5. The van der Waals surface area contributed by atoms with Gasteiger partial charge in [0.15, 0.2) is 0 Å². The van der Waals surface area contributed by atoms with Gasteiger partial charge in [-0.05, 0) is 43.3 Å². The maximum Gasteiger partial charge on any atom is 0.0178 e. The smallest absolute Gasteiger partial charge is 0.0178 e. The fraction of sp³-hybridized carbons (Fsp3) is 0.806. The van der Waals surface area contributed by atoms with Gasteiger partial charge in [0.1, 0.15) is 0 Å². The van der Waals surface area contributed by atoms with Crippen LogP contribution in [-0.2, 0) is 6.54 Å². The second-order valence-electron chi connectivity index (χ2n) is 9.83. The van der Waals surface area contributed by atoms with Crippen LogP contribution in [0.1, 0.15) is 142 Å². The quantitative estimate of drug-likeness (QED) is 0.121. The van der Waals surface area contributed by atoms with E-state index in [1.165, 1.54) is 121 Å². The minimum absolute atomic E-state index is 0. The lowest BCUT2D eigenvalue weighted by atomic mass is 10.1. The van der Waals surface area contributed by atoms with Gasteiger partial charge in [-0.2, -0.15) is 0 Å². The minimum Gasteiger partial charge on any atom is -0.326 e. The molecule has 0 bridgehead atoms. The minimum atomic E-state index is 0. The molecule has 0 saturated carbocycles. The summed E-state index contributed by atoms with van der Waals surface area (Å²) in [6.07, 6.45) is 31.2. The topological polar surface area (TPSA) is 26.0 Å². The van der Waals surface area contributed by atoms with Gasteiger partial charge in [0, 0.05) is 6.54 Å². The number of halogens is 1. The molecule has 2 N–H and O–H groups in total. The second kappa shape index (κ2) is 30.9. The van der Waals surface area contributed by atoms with Gasteiger partial charge in [-0.3, -0.25) is 0 Å². The molecule has 202 valence electrons. The molecular formula is C31H61ClNP. The van der Waals surface area contributed by atoms with Crippen molar-refractivity contribution in [3.63, 3.8) is 0 Å². The summed E-state index contributed by atoms with van der Waals surface area (Å²) in [6.45, 7) is 7.60. The van der Waals surface area contributed by atoms with Crippen LogP contribution in [-0.4, -0.2) is 18.5 Å². The SMILES string of the molecule is CCCCCCCCP(CCCCCCCC)CCCCCCCC.Cl.NCc1ccccc1. The molecule has 0 amide bonds. The maximum absolute atomic E-state index is 5.35. The van der Waals surface area contributed by atoms with E-state index in [4.69, 9.17) is 5.73 Å². The van der Waals surface area contributed by atoms with Crippen LogP contribution in [0.25, 0.3) is 0 Å². The predicted molar refractivity (Wildman–Crippen MR) is 163 cm³/mol. The first-order valence-electron chi connectivity index (χ1n) is 14.7. The van der Waals surface area contributed by atoms with Gasteiger partial charge in [-0.1, -0.05) is 147 Å². The van der Waals surface area contributed by atoms with Gasteiger partial charge in [0.2, 0.25) is 0 Å². The molecule has 0 fully saturated rings. The normalized spacial score (nSPS) is 10.6. The lowest BCUT2D eigenvalue weighted by Gasteiger charge is -2.18. The first-order valence-corrected chi connectivity index (χ1v) is 16.6. The Morgan fingerprint density at radius 2 is 0.824 bits per heavy atom. The number of hydrogen-bond donors (Lipinski definition) is 1. The lowest BCUT2D eigenvalue weighted by Crippen LogP contribution is -1.97. The van der Waals surface area contributed by atoms with Gasteiger partial charge < -0.3 is 5.73 Å². The highest BCUT2D eigenvalue weighted by molar-refractivity contribution is 7.57. The molecule has 0 spiro atoms. The van der Waals surface area contributed by atoms with Crippen LogP contribution in [0, 0.1) is 0 Å². The Bertz CT molecular complexity index is 430. The Hall–Kier alpha value is -0.100. The standard InChI is InChI=1S/C24H51P.C7H9N.ClH/c1-4-7-10-13-16-19-22-25(23-20-17-14-11-8-5-2)24-21-18-15-12-9-6-3;8-6-7-4-2-1-3-5-7;/h4-24H2,1-3H3;1-5H,6,8H2;1H. The summed E-state index contributed by atoms with van der Waals surface area (Å²) in [5.74, 6) is 0. The molecule has 0 atom stereocenters. The molecule has 1 rings (SSSR count). The maximum atomic E-state index is 5.35. The van der Waals surface area contributed by atoms with Gasteiger partial charge in [-0.25, -0.2) is 0 Å². The summed E-state index contributed by atoms with van der Waals surface area (Å²) < 4.78 is 0. The van der Waals surface area contributed by atoms with E-state index in [1.807, 2.05) is 30.3 Å². The first-order chi connectivity index (χ1) is 16.3. The zero-order chi connectivity index (χ0) is 24.2. The average molecular weight is 514 g/mol. The largest absolute Gasteiger partial charge is 0.326 e. The third-order valence-electron chi connectivity index (χ3n) is 6.56. The summed E-state index contributed by atoms with van der Waals surface area (Å²) in [5, 5.41) is 0. The van der Waals surface area contributed by atoms with Crippen LogP contribution in [0.3, 0.4) is 0 Å². The summed E-state index contributed by atoms with van der Waals surface area (Å²) >= 11 is 0. The highest BCUT2D eigenvalue weighted by atomic mass is 35.5. The van der Waals surface area contributed by atoms with E-state index in [0.717, 1.165) is 0 Å². The monoisotopic (exact) mass is 513 g/mol. The molecule has 0 unspecified atom stereocenters. The molecule has 3 heteroatoms. The van der Waals surface area contributed by atoms with Gasteiger partial charge in [0.05, 0.1) is 0 Å². The molecule has 0 heterocycles. The molecule has 0 aromatic heterocycles. The van der Waals surface area contributed by atoms with Crippen LogP contribution >= 0.6 is 20.3 Å². The van der Waals surface area contributed by atoms with Crippen molar-refractivity contribution in [2.24, 2.45) is 5.73 Å². The number of unbranched alkanes of at least 4 members (excludes halogenated alkanes) is 15. The van der Waals surface area contributed by atoms with Crippen molar-refractivity contribution < 1.29 is 0 Å². The van der Waals surface area contributed by atoms with E-state index in [1.54, 1.807) is 18.5 Å². The fourth-order valence-corrected chi connectivity index (χ4v) is 6.98. The molecule has 0 aliphatic rings. The number of nitrogens with two attached hydrogens (primary N) is 1. The predicted octanol–water partition coefficient (Wildman–Crippen LogP) is 11.1. The van der Waals surface area contributed by atoms with Crippen molar-refractivity contribution in [3.8, 4) is 0 Å². The Kier molecular flexibility index (Phi) is 32.8. The van der Waals surface area contributed by atoms with Gasteiger partial charge in [-0.15, -0.1) is 20.3 Å². The van der Waals surface area contributed by atoms with Crippen LogP contribution < -0.4 is 5.73 Å². The fourth-order valence-electron chi connectivity index (χ4n) is 4.30. The van der Waals surface area contributed by atoms with E-state index in [9.17, 15) is 0 Å². The average Bonchev–Trinajstić information content (AvgIpc) is 2.85. The molecule has 1 nitrogen and oxygen atoms in total. The molecule has 0 aliphatic heterocycles. The number of hydrogen-bond acceptors (Lipinski definition) is 1. The van der Waals surface area contributed by atoms with Crippen LogP contribution in [0.15, 0.2) is 30.3 Å². The Labute approximate surface area is 223 Å². The van der Waals surface area contributed by atoms with Crippen molar-refractivity contribution in [1.29, 1.82) is 0 Å². The van der Waals surface area contributed by atoms with E-state index in [0.29, 0.717) is 14.5 Å². The molecule has 1 aromatic rings. The molecule has 0 radical (unpaired) electrons. The van der Waals surface area contributed by atoms with Crippen molar-refractivity contribution >= 4 is 20.3 Å². The van der Waals surface area contributed by atoms with Crippen molar-refractivity contribution in [3.05, 3.63) is 35.9 Å². The highest BCUT2D eigenvalue weighted by Gasteiger charge is 2.07. The summed E-state index contributed by atoms with van der Waals surface area (Å²) in [6, 6.07) is 9.99. The molecule has 0 saturated heterocycles. The molecular weight excluding hydrogens is 453 g/mol. The zero-order valence-electron chi connectivity index (χ0n) is 23.4. The van der Waals surface area contributed by atoms with Crippen LogP contribution in [0.5, 0.6) is 0 Å². The van der Waals surface area contributed by atoms with Crippen molar-refractivity contribution in [2.45, 2.75) is 143 Å². The van der Waals surface area contributed by atoms with Gasteiger partial charge in [0.25, 0.3) is 0 Å². The van der Waals surface area contributed by atoms with Crippen molar-refractivity contribution in [1.82, 2.24) is 0 Å². The molecule has 1 aromatic carbocycles. The Balaban J connectivity index is 0. The van der Waals surface area contributed by atoms with E-state index in [-0.39, 0.29) is 12.4 Å². The summed E-state index contributed by atoms with van der Waals surface area (Å²) in [4.78, 5) is 0. The second-order valence-corrected chi connectivity index (χ2v) is 12.5. The van der Waals surface area contributed by atoms with Crippen LogP contribution in [0.2, 0.25) is 0 Å². The molecule has 34 heavy (non-hydrogen) atoms. The number of rotatable bonds is 22. The Morgan fingerprint density at radius 3 is 1.12 bits per heavy atom. The van der Waals surface area contributed by atoms with Crippen LogP contribution in [0.4, 0.5) is 0 Å².